The number of benzene rings is 3. The summed E-state index contributed by atoms with van der Waals surface area (Å²) in [7, 11) is -3.28. The highest BCUT2D eigenvalue weighted by atomic mass is 32.2. The number of rotatable bonds is 11. The monoisotopic (exact) mass is 548 g/mol. The number of aliphatic hydroxyl groups excluding tert-OH is 1. The van der Waals surface area contributed by atoms with Crippen molar-refractivity contribution in [3.63, 3.8) is 0 Å². The van der Waals surface area contributed by atoms with Crippen molar-refractivity contribution in [2.24, 2.45) is 5.92 Å². The van der Waals surface area contributed by atoms with Gasteiger partial charge in [-0.1, -0.05) is 42.0 Å². The lowest BCUT2D eigenvalue weighted by Crippen LogP contribution is -2.49. The molecule has 0 unspecified atom stereocenters. The molecule has 3 aromatic carbocycles. The summed E-state index contributed by atoms with van der Waals surface area (Å²) >= 11 is 0. The average Bonchev–Trinajstić information content (AvgIpc) is 3.72. The topological polar surface area (TPSA) is 104 Å². The van der Waals surface area contributed by atoms with Crippen LogP contribution >= 0.6 is 0 Å². The SMILES string of the molecule is Cc1ccc(CN(C(=O)c2ccc(NC(=O)Cc3ccc(S(=O)(=O)CC4CC4)cc3)cc2)C(C)(C)CO)cc1. The third kappa shape index (κ3) is 7.55. The van der Waals surface area contributed by atoms with Crippen LogP contribution in [0.1, 0.15) is 53.7 Å². The molecule has 0 bridgehead atoms. The second kappa shape index (κ2) is 11.7. The Morgan fingerprint density at radius 1 is 0.923 bits per heavy atom. The third-order valence-corrected chi connectivity index (χ3v) is 8.94. The van der Waals surface area contributed by atoms with Crippen molar-refractivity contribution in [3.8, 4) is 0 Å². The molecule has 1 fully saturated rings. The van der Waals surface area contributed by atoms with Crippen molar-refractivity contribution < 1.29 is 23.1 Å². The fourth-order valence-electron chi connectivity index (χ4n) is 4.27. The molecule has 39 heavy (non-hydrogen) atoms. The Balaban J connectivity index is 1.38. The first-order valence-electron chi connectivity index (χ1n) is 13.2. The zero-order chi connectivity index (χ0) is 28.2. The minimum absolute atomic E-state index is 0.0959. The smallest absolute Gasteiger partial charge is 0.254 e. The Hall–Kier alpha value is -3.49. The van der Waals surface area contributed by atoms with Crippen molar-refractivity contribution in [1.82, 2.24) is 4.90 Å². The highest BCUT2D eigenvalue weighted by molar-refractivity contribution is 7.91. The minimum Gasteiger partial charge on any atom is -0.394 e. The maximum absolute atomic E-state index is 13.4. The zero-order valence-corrected chi connectivity index (χ0v) is 23.5. The summed E-state index contributed by atoms with van der Waals surface area (Å²) < 4.78 is 24.9. The van der Waals surface area contributed by atoms with E-state index in [1.165, 1.54) is 0 Å². The minimum atomic E-state index is -3.28. The van der Waals surface area contributed by atoms with Gasteiger partial charge in [-0.25, -0.2) is 8.42 Å². The predicted octanol–water partition coefficient (Wildman–Crippen LogP) is 4.77. The molecule has 0 spiro atoms. The molecular formula is C31H36N2O5S. The number of nitrogens with one attached hydrogen (secondary N) is 1. The summed E-state index contributed by atoms with van der Waals surface area (Å²) in [5.74, 6) is 0.000815. The van der Waals surface area contributed by atoms with Crippen LogP contribution in [0.5, 0.6) is 0 Å². The molecule has 0 radical (unpaired) electrons. The van der Waals surface area contributed by atoms with Gasteiger partial charge in [0.1, 0.15) is 0 Å². The van der Waals surface area contributed by atoms with Crippen LogP contribution in [0.3, 0.4) is 0 Å². The lowest BCUT2D eigenvalue weighted by Gasteiger charge is -2.37. The van der Waals surface area contributed by atoms with Gasteiger partial charge in [-0.15, -0.1) is 0 Å². The lowest BCUT2D eigenvalue weighted by atomic mass is 10.0. The number of carbonyl (C=O) groups excluding carboxylic acids is 2. The molecule has 0 heterocycles. The molecule has 206 valence electrons. The number of nitrogens with zero attached hydrogens (tertiary/aromatic N) is 1. The van der Waals surface area contributed by atoms with Gasteiger partial charge in [0, 0.05) is 17.8 Å². The number of aryl methyl sites for hydroxylation is 1. The molecule has 4 rings (SSSR count). The molecule has 1 aliphatic rings. The Bertz CT molecular complexity index is 1410. The molecule has 0 saturated heterocycles. The molecule has 3 aromatic rings. The Morgan fingerprint density at radius 3 is 2.08 bits per heavy atom. The van der Waals surface area contributed by atoms with Gasteiger partial charge >= 0.3 is 0 Å². The summed E-state index contributed by atoms with van der Waals surface area (Å²) in [5, 5.41) is 12.8. The number of amides is 2. The van der Waals surface area contributed by atoms with Gasteiger partial charge in [-0.3, -0.25) is 9.59 Å². The first-order valence-corrected chi connectivity index (χ1v) is 14.8. The van der Waals surface area contributed by atoms with E-state index in [-0.39, 0.29) is 36.5 Å². The van der Waals surface area contributed by atoms with Crippen LogP contribution in [0.15, 0.2) is 77.7 Å². The van der Waals surface area contributed by atoms with E-state index in [0.717, 1.165) is 24.0 Å². The van der Waals surface area contributed by atoms with Crippen LogP contribution in [0.25, 0.3) is 0 Å². The van der Waals surface area contributed by atoms with Crippen LogP contribution < -0.4 is 5.32 Å². The number of anilines is 1. The number of carbonyl (C=O) groups is 2. The quantitative estimate of drug-likeness (QED) is 0.359. The van der Waals surface area contributed by atoms with Gasteiger partial charge in [-0.05, 0) is 87.1 Å². The largest absolute Gasteiger partial charge is 0.394 e. The Morgan fingerprint density at radius 2 is 1.51 bits per heavy atom. The standard InChI is InChI=1S/C31H36N2O5S/c1-22-4-6-24(7-5-22)19-33(31(2,3)21-34)30(36)26-12-14-27(15-13-26)32-29(35)18-23-10-16-28(17-11-23)39(37,38)20-25-8-9-25/h4-7,10-17,25,34H,8-9,18-21H2,1-3H3,(H,32,35). The summed E-state index contributed by atoms with van der Waals surface area (Å²) in [6.07, 6.45) is 2.04. The van der Waals surface area contributed by atoms with Gasteiger partial charge in [0.15, 0.2) is 9.84 Å². The molecule has 2 N–H and O–H groups in total. The first-order chi connectivity index (χ1) is 18.5. The Kier molecular flexibility index (Phi) is 8.57. The fraction of sp³-hybridized carbons (Fsp3) is 0.355. The molecule has 2 amide bonds. The molecule has 0 aliphatic heterocycles. The number of hydrogen-bond donors (Lipinski definition) is 2. The van der Waals surface area contributed by atoms with Crippen molar-refractivity contribution in [1.29, 1.82) is 0 Å². The maximum Gasteiger partial charge on any atom is 0.254 e. The van der Waals surface area contributed by atoms with Gasteiger partial charge < -0.3 is 15.3 Å². The molecule has 8 heteroatoms. The molecule has 7 nitrogen and oxygen atoms in total. The number of aliphatic hydroxyl groups is 1. The van der Waals surface area contributed by atoms with Crippen molar-refractivity contribution in [2.75, 3.05) is 17.7 Å². The van der Waals surface area contributed by atoms with Crippen LogP contribution in [0.2, 0.25) is 0 Å². The van der Waals surface area contributed by atoms with Crippen LogP contribution in [0.4, 0.5) is 5.69 Å². The zero-order valence-electron chi connectivity index (χ0n) is 22.7. The Labute approximate surface area is 230 Å². The maximum atomic E-state index is 13.4. The molecular weight excluding hydrogens is 512 g/mol. The highest BCUT2D eigenvalue weighted by Crippen LogP contribution is 2.32. The first kappa shape index (κ1) is 28.5. The molecule has 0 atom stereocenters. The third-order valence-electron chi connectivity index (χ3n) is 7.04. The van der Waals surface area contributed by atoms with Gasteiger partial charge in [-0.2, -0.15) is 0 Å². The van der Waals surface area contributed by atoms with Gasteiger partial charge in [0.05, 0.1) is 29.2 Å². The van der Waals surface area contributed by atoms with Crippen molar-refractivity contribution in [3.05, 3.63) is 95.1 Å². The van der Waals surface area contributed by atoms with E-state index in [1.807, 2.05) is 45.0 Å². The number of sulfone groups is 1. The van der Waals surface area contributed by atoms with Crippen LogP contribution in [-0.4, -0.2) is 48.1 Å². The van der Waals surface area contributed by atoms with E-state index in [0.29, 0.717) is 28.3 Å². The van der Waals surface area contributed by atoms with Crippen molar-refractivity contribution in [2.45, 2.75) is 57.0 Å². The molecule has 0 aromatic heterocycles. The number of hydrogen-bond acceptors (Lipinski definition) is 5. The average molecular weight is 549 g/mol. The molecule has 1 aliphatic carbocycles. The highest BCUT2D eigenvalue weighted by Gasteiger charge is 2.31. The van der Waals surface area contributed by atoms with Crippen LogP contribution in [0, 0.1) is 12.8 Å². The van der Waals surface area contributed by atoms with Gasteiger partial charge in [0.2, 0.25) is 5.91 Å². The van der Waals surface area contributed by atoms with E-state index in [2.05, 4.69) is 5.32 Å². The fourth-order valence-corrected chi connectivity index (χ4v) is 5.97. The van der Waals surface area contributed by atoms with Crippen molar-refractivity contribution >= 4 is 27.3 Å². The summed E-state index contributed by atoms with van der Waals surface area (Å²) in [6, 6.07) is 21.1. The summed E-state index contributed by atoms with van der Waals surface area (Å²) in [4.78, 5) is 28.0. The summed E-state index contributed by atoms with van der Waals surface area (Å²) in [5.41, 5.74) is 3.03. The lowest BCUT2D eigenvalue weighted by molar-refractivity contribution is -0.115. The second-order valence-electron chi connectivity index (χ2n) is 11.0. The van der Waals surface area contributed by atoms with E-state index >= 15 is 0 Å². The van der Waals surface area contributed by atoms with E-state index < -0.39 is 15.4 Å². The summed E-state index contributed by atoms with van der Waals surface area (Å²) in [6.45, 7) is 5.81. The second-order valence-corrected chi connectivity index (χ2v) is 13.1. The van der Waals surface area contributed by atoms with Gasteiger partial charge in [0.25, 0.3) is 5.91 Å². The normalized spacial score (nSPS) is 13.6. The molecule has 1 saturated carbocycles. The van der Waals surface area contributed by atoms with E-state index in [1.54, 1.807) is 53.4 Å². The van der Waals surface area contributed by atoms with E-state index in [9.17, 15) is 23.1 Å². The predicted molar refractivity (Wildman–Crippen MR) is 152 cm³/mol. The van der Waals surface area contributed by atoms with Crippen LogP contribution in [-0.2, 0) is 27.6 Å². The van der Waals surface area contributed by atoms with E-state index in [4.69, 9.17) is 0 Å².